The number of hydrogen-bond acceptors (Lipinski definition) is 6. The minimum atomic E-state index is -0.805. The number of rotatable bonds is 5. The fraction of sp³-hybridized carbons (Fsp3) is 0.444. The maximum atomic E-state index is 11.0. The fourth-order valence-corrected chi connectivity index (χ4v) is 0.685. The first-order chi connectivity index (χ1) is 7.15. The number of ether oxygens (including phenoxy) is 2. The van der Waals surface area contributed by atoms with Crippen LogP contribution in [0.15, 0.2) is 17.3 Å². The molecule has 0 aromatic carbocycles. The Bertz CT molecular complexity index is 282. The van der Waals surface area contributed by atoms with Crippen LogP contribution in [0, 0.1) is 0 Å². The molecule has 0 heterocycles. The second-order valence-electron chi connectivity index (χ2n) is 2.29. The first-order valence-corrected chi connectivity index (χ1v) is 4.39. The molecule has 0 radical (unpaired) electrons. The molecule has 6 nitrogen and oxygen atoms in total. The lowest BCUT2D eigenvalue weighted by Crippen LogP contribution is -2.16. The lowest BCUT2D eigenvalue weighted by Gasteiger charge is -1.99. The third-order valence-corrected chi connectivity index (χ3v) is 1.26. The Labute approximate surface area is 87.2 Å². The summed E-state index contributed by atoms with van der Waals surface area (Å²) in [5.41, 5.74) is -0.357. The van der Waals surface area contributed by atoms with E-state index in [0.717, 1.165) is 12.2 Å². The molecular weight excluding hydrogens is 202 g/mol. The molecule has 0 saturated carbocycles. The fourth-order valence-electron chi connectivity index (χ4n) is 0.685. The van der Waals surface area contributed by atoms with Crippen LogP contribution in [-0.4, -0.2) is 36.1 Å². The first kappa shape index (κ1) is 13.2. The molecule has 0 aromatic heterocycles. The van der Waals surface area contributed by atoms with Crippen molar-refractivity contribution in [2.75, 3.05) is 13.2 Å². The minimum Gasteiger partial charge on any atom is -0.463 e. The van der Waals surface area contributed by atoms with E-state index in [1.54, 1.807) is 13.8 Å². The van der Waals surface area contributed by atoms with Crippen molar-refractivity contribution in [2.24, 2.45) is 5.16 Å². The summed E-state index contributed by atoms with van der Waals surface area (Å²) >= 11 is 0. The lowest BCUT2D eigenvalue weighted by molar-refractivity contribution is -0.137. The van der Waals surface area contributed by atoms with Crippen LogP contribution < -0.4 is 0 Å². The van der Waals surface area contributed by atoms with Crippen molar-refractivity contribution in [2.45, 2.75) is 13.8 Å². The normalized spacial score (nSPS) is 11.5. The van der Waals surface area contributed by atoms with Crippen LogP contribution in [-0.2, 0) is 19.1 Å². The van der Waals surface area contributed by atoms with Gasteiger partial charge in [0.15, 0.2) is 5.71 Å². The molecule has 6 heteroatoms. The highest BCUT2D eigenvalue weighted by Crippen LogP contribution is 1.89. The minimum absolute atomic E-state index is 0.158. The molecule has 0 fully saturated rings. The topological polar surface area (TPSA) is 85.2 Å². The van der Waals surface area contributed by atoms with E-state index < -0.39 is 11.9 Å². The summed E-state index contributed by atoms with van der Waals surface area (Å²) in [6.45, 7) is 3.65. The van der Waals surface area contributed by atoms with Crippen LogP contribution in [0.5, 0.6) is 0 Å². The molecule has 0 aliphatic heterocycles. The largest absolute Gasteiger partial charge is 0.463 e. The van der Waals surface area contributed by atoms with Crippen molar-refractivity contribution in [3.63, 3.8) is 0 Å². The number of carbonyl (C=O) groups excluding carboxylic acids is 2. The van der Waals surface area contributed by atoms with Crippen molar-refractivity contribution >= 4 is 17.7 Å². The van der Waals surface area contributed by atoms with Crippen molar-refractivity contribution in [3.8, 4) is 0 Å². The number of nitrogens with zero attached hydrogens (tertiary/aromatic N) is 1. The van der Waals surface area contributed by atoms with Crippen LogP contribution >= 0.6 is 0 Å². The number of carbonyl (C=O) groups is 2. The molecule has 0 rings (SSSR count). The maximum Gasteiger partial charge on any atom is 0.360 e. The van der Waals surface area contributed by atoms with Gasteiger partial charge in [-0.1, -0.05) is 5.16 Å². The van der Waals surface area contributed by atoms with Crippen molar-refractivity contribution < 1.29 is 24.3 Å². The van der Waals surface area contributed by atoms with E-state index in [4.69, 9.17) is 5.21 Å². The number of esters is 2. The van der Waals surface area contributed by atoms with E-state index in [2.05, 4.69) is 14.6 Å². The summed E-state index contributed by atoms with van der Waals surface area (Å²) in [5, 5.41) is 11.1. The molecule has 0 amide bonds. The Morgan fingerprint density at radius 1 is 1.20 bits per heavy atom. The van der Waals surface area contributed by atoms with Gasteiger partial charge in [0, 0.05) is 6.08 Å². The van der Waals surface area contributed by atoms with Gasteiger partial charge in [-0.05, 0) is 19.9 Å². The third kappa shape index (κ3) is 5.45. The molecule has 0 bridgehead atoms. The van der Waals surface area contributed by atoms with Gasteiger partial charge in [0.2, 0.25) is 0 Å². The molecule has 15 heavy (non-hydrogen) atoms. The van der Waals surface area contributed by atoms with Gasteiger partial charge in [-0.2, -0.15) is 0 Å². The van der Waals surface area contributed by atoms with Gasteiger partial charge in [-0.25, -0.2) is 9.59 Å². The highest BCUT2D eigenvalue weighted by atomic mass is 16.5. The van der Waals surface area contributed by atoms with Crippen LogP contribution in [0.4, 0.5) is 0 Å². The summed E-state index contributed by atoms with van der Waals surface area (Å²) in [7, 11) is 0. The quantitative estimate of drug-likeness (QED) is 0.237. The zero-order valence-electron chi connectivity index (χ0n) is 8.60. The lowest BCUT2D eigenvalue weighted by atomic mass is 10.3. The molecule has 0 spiro atoms. The van der Waals surface area contributed by atoms with Gasteiger partial charge in [0.05, 0.1) is 13.2 Å². The SMILES string of the molecule is CCOC(=O)/C=C\C(=NO)C(=O)OCC. The van der Waals surface area contributed by atoms with E-state index in [1.807, 2.05) is 0 Å². The Kier molecular flexibility index (Phi) is 6.61. The van der Waals surface area contributed by atoms with Crippen LogP contribution in [0.1, 0.15) is 13.8 Å². The molecule has 0 atom stereocenters. The van der Waals surface area contributed by atoms with E-state index in [1.165, 1.54) is 0 Å². The highest BCUT2D eigenvalue weighted by molar-refractivity contribution is 6.41. The van der Waals surface area contributed by atoms with Crippen LogP contribution in [0.2, 0.25) is 0 Å². The van der Waals surface area contributed by atoms with Gasteiger partial charge >= 0.3 is 11.9 Å². The molecule has 1 N–H and O–H groups in total. The smallest absolute Gasteiger partial charge is 0.360 e. The molecule has 0 aliphatic carbocycles. The number of hydrogen-bond donors (Lipinski definition) is 1. The summed E-state index contributed by atoms with van der Waals surface area (Å²) in [5.74, 6) is -1.43. The standard InChI is InChI=1S/C9H13NO5/c1-3-14-8(11)6-5-7(10-13)9(12)15-4-2/h5-6,13H,3-4H2,1-2H3/b6-5-,10-7?. The predicted octanol–water partition coefficient (Wildman–Crippen LogP) is 0.499. The second-order valence-corrected chi connectivity index (χ2v) is 2.29. The molecule has 84 valence electrons. The maximum absolute atomic E-state index is 11.0. The Morgan fingerprint density at radius 3 is 2.27 bits per heavy atom. The Balaban J connectivity index is 4.34. The van der Waals surface area contributed by atoms with E-state index in [9.17, 15) is 9.59 Å². The number of oxime groups is 1. The second kappa shape index (κ2) is 7.54. The molecule has 0 unspecified atom stereocenters. The van der Waals surface area contributed by atoms with Gasteiger partial charge in [-0.15, -0.1) is 0 Å². The van der Waals surface area contributed by atoms with Gasteiger partial charge < -0.3 is 14.7 Å². The Morgan fingerprint density at radius 2 is 1.80 bits per heavy atom. The summed E-state index contributed by atoms with van der Waals surface area (Å²) in [4.78, 5) is 21.9. The van der Waals surface area contributed by atoms with Gasteiger partial charge in [-0.3, -0.25) is 0 Å². The molecular formula is C9H13NO5. The molecule has 0 saturated heterocycles. The van der Waals surface area contributed by atoms with E-state index in [0.29, 0.717) is 0 Å². The van der Waals surface area contributed by atoms with Gasteiger partial charge in [0.1, 0.15) is 0 Å². The van der Waals surface area contributed by atoms with Crippen molar-refractivity contribution in [1.29, 1.82) is 0 Å². The molecule has 0 aliphatic rings. The molecule has 0 aromatic rings. The highest BCUT2D eigenvalue weighted by Gasteiger charge is 2.10. The van der Waals surface area contributed by atoms with Crippen molar-refractivity contribution in [3.05, 3.63) is 12.2 Å². The van der Waals surface area contributed by atoms with E-state index in [-0.39, 0.29) is 18.9 Å². The van der Waals surface area contributed by atoms with Crippen LogP contribution in [0.3, 0.4) is 0 Å². The summed E-state index contributed by atoms with van der Waals surface area (Å²) in [6.07, 6.45) is 2.01. The van der Waals surface area contributed by atoms with E-state index >= 15 is 0 Å². The van der Waals surface area contributed by atoms with Crippen LogP contribution in [0.25, 0.3) is 0 Å². The zero-order valence-corrected chi connectivity index (χ0v) is 8.60. The summed E-state index contributed by atoms with van der Waals surface area (Å²) in [6, 6.07) is 0. The average molecular weight is 215 g/mol. The zero-order chi connectivity index (χ0) is 11.7. The van der Waals surface area contributed by atoms with Crippen molar-refractivity contribution in [1.82, 2.24) is 0 Å². The first-order valence-electron chi connectivity index (χ1n) is 4.39. The predicted molar refractivity (Wildman–Crippen MR) is 51.6 cm³/mol. The summed E-state index contributed by atoms with van der Waals surface area (Å²) < 4.78 is 9.12. The Hall–Kier alpha value is -1.85. The monoisotopic (exact) mass is 215 g/mol. The average Bonchev–Trinajstić information content (AvgIpc) is 2.19. The third-order valence-electron chi connectivity index (χ3n) is 1.26. The van der Waals surface area contributed by atoms with Gasteiger partial charge in [0.25, 0.3) is 0 Å².